The van der Waals surface area contributed by atoms with E-state index in [9.17, 15) is 0 Å². The van der Waals surface area contributed by atoms with Gasteiger partial charge in [-0.3, -0.25) is 0 Å². The van der Waals surface area contributed by atoms with Crippen molar-refractivity contribution in [2.45, 2.75) is 39.2 Å². The lowest BCUT2D eigenvalue weighted by Crippen LogP contribution is -2.28. The van der Waals surface area contributed by atoms with Crippen LogP contribution in [0.15, 0.2) is 30.0 Å². The molecule has 2 rings (SSSR count). The van der Waals surface area contributed by atoms with Gasteiger partial charge in [0.05, 0.1) is 12.6 Å². The number of aryl methyl sites for hydroxylation is 2. The predicted octanol–water partition coefficient (Wildman–Crippen LogP) is 2.87. The van der Waals surface area contributed by atoms with Gasteiger partial charge in [0.25, 0.3) is 0 Å². The molecule has 0 aromatic heterocycles. The maximum absolute atomic E-state index is 6.18. The predicted molar refractivity (Wildman–Crippen MR) is 70.9 cm³/mol. The van der Waals surface area contributed by atoms with Crippen molar-refractivity contribution >= 4 is 0 Å². The molecule has 0 amide bonds. The first-order valence-corrected chi connectivity index (χ1v) is 6.31. The van der Waals surface area contributed by atoms with Gasteiger partial charge in [-0.25, -0.2) is 0 Å². The van der Waals surface area contributed by atoms with Crippen molar-refractivity contribution in [1.82, 2.24) is 0 Å². The zero-order chi connectivity index (χ0) is 12.3. The summed E-state index contributed by atoms with van der Waals surface area (Å²) in [4.78, 5) is 0. The molecule has 1 aromatic rings. The topological polar surface area (TPSA) is 35.2 Å². The van der Waals surface area contributed by atoms with Gasteiger partial charge in [0.1, 0.15) is 5.76 Å². The lowest BCUT2D eigenvalue weighted by Gasteiger charge is -2.21. The van der Waals surface area contributed by atoms with E-state index >= 15 is 0 Å². The quantitative estimate of drug-likeness (QED) is 0.868. The number of benzene rings is 1. The normalized spacial score (nSPS) is 17.2. The lowest BCUT2D eigenvalue weighted by molar-refractivity contribution is 0.175. The van der Waals surface area contributed by atoms with Gasteiger partial charge in [0.2, 0.25) is 0 Å². The highest BCUT2D eigenvalue weighted by Crippen LogP contribution is 2.17. The number of ether oxygens (including phenoxy) is 1. The Kier molecular flexibility index (Phi) is 3.85. The van der Waals surface area contributed by atoms with Gasteiger partial charge in [-0.15, -0.1) is 0 Å². The van der Waals surface area contributed by atoms with Gasteiger partial charge in [0.15, 0.2) is 0 Å². The Morgan fingerprint density at radius 2 is 2.12 bits per heavy atom. The highest BCUT2D eigenvalue weighted by Gasteiger charge is 2.14. The van der Waals surface area contributed by atoms with E-state index in [0.717, 1.165) is 31.6 Å². The van der Waals surface area contributed by atoms with Crippen molar-refractivity contribution in [3.8, 4) is 0 Å². The van der Waals surface area contributed by atoms with Crippen LogP contribution in [0, 0.1) is 13.8 Å². The largest absolute Gasteiger partial charge is 0.497 e. The Morgan fingerprint density at radius 1 is 1.29 bits per heavy atom. The van der Waals surface area contributed by atoms with E-state index in [1.54, 1.807) is 0 Å². The number of hydrogen-bond acceptors (Lipinski definition) is 2. The molecular formula is C15H21NO. The van der Waals surface area contributed by atoms with Crippen LogP contribution >= 0.6 is 0 Å². The molecule has 1 aliphatic heterocycles. The number of allylic oxidation sites excluding steroid dienone is 1. The molecule has 0 fully saturated rings. The van der Waals surface area contributed by atoms with Crippen LogP contribution < -0.4 is 5.73 Å². The van der Waals surface area contributed by atoms with Crippen molar-refractivity contribution in [2.75, 3.05) is 6.61 Å². The zero-order valence-corrected chi connectivity index (χ0v) is 10.7. The molecule has 1 aromatic carbocycles. The van der Waals surface area contributed by atoms with Crippen LogP contribution in [0.4, 0.5) is 0 Å². The second kappa shape index (κ2) is 5.37. The van der Waals surface area contributed by atoms with Crippen LogP contribution in [0.3, 0.4) is 0 Å². The van der Waals surface area contributed by atoms with Crippen molar-refractivity contribution in [1.29, 1.82) is 0 Å². The SMILES string of the molecule is Cc1ccc(CC(N)C2=CCCCO2)cc1C. The van der Waals surface area contributed by atoms with Gasteiger partial charge in [-0.2, -0.15) is 0 Å². The number of rotatable bonds is 3. The van der Waals surface area contributed by atoms with E-state index < -0.39 is 0 Å². The molecule has 0 saturated carbocycles. The molecule has 0 bridgehead atoms. The Labute approximate surface area is 103 Å². The molecule has 92 valence electrons. The van der Waals surface area contributed by atoms with Crippen LogP contribution in [-0.4, -0.2) is 12.6 Å². The summed E-state index contributed by atoms with van der Waals surface area (Å²) < 4.78 is 5.60. The molecular weight excluding hydrogens is 210 g/mol. The maximum Gasteiger partial charge on any atom is 0.109 e. The van der Waals surface area contributed by atoms with Gasteiger partial charge >= 0.3 is 0 Å². The number of hydrogen-bond donors (Lipinski definition) is 1. The lowest BCUT2D eigenvalue weighted by atomic mass is 9.99. The fraction of sp³-hybridized carbons (Fsp3) is 0.467. The minimum Gasteiger partial charge on any atom is -0.497 e. The summed E-state index contributed by atoms with van der Waals surface area (Å²) in [7, 11) is 0. The Bertz CT molecular complexity index is 423. The molecule has 2 nitrogen and oxygen atoms in total. The molecule has 1 atom stereocenters. The summed E-state index contributed by atoms with van der Waals surface area (Å²) in [5.41, 5.74) is 10.1. The van der Waals surface area contributed by atoms with Crippen LogP contribution in [0.5, 0.6) is 0 Å². The summed E-state index contributed by atoms with van der Waals surface area (Å²) in [6.07, 6.45) is 5.19. The van der Waals surface area contributed by atoms with Gasteiger partial charge < -0.3 is 10.5 Å². The minimum atomic E-state index is -0.00240. The molecule has 2 N–H and O–H groups in total. The van der Waals surface area contributed by atoms with E-state index in [2.05, 4.69) is 38.1 Å². The number of nitrogens with two attached hydrogens (primary N) is 1. The van der Waals surface area contributed by atoms with Crippen molar-refractivity contribution in [3.05, 3.63) is 46.7 Å². The third kappa shape index (κ3) is 3.10. The summed E-state index contributed by atoms with van der Waals surface area (Å²) >= 11 is 0. The average Bonchev–Trinajstić information content (AvgIpc) is 2.35. The Morgan fingerprint density at radius 3 is 2.76 bits per heavy atom. The summed E-state index contributed by atoms with van der Waals surface area (Å²) in [6, 6.07) is 6.54. The van der Waals surface area contributed by atoms with Crippen molar-refractivity contribution in [3.63, 3.8) is 0 Å². The van der Waals surface area contributed by atoms with Gasteiger partial charge in [0, 0.05) is 0 Å². The fourth-order valence-electron chi connectivity index (χ4n) is 2.12. The first-order valence-electron chi connectivity index (χ1n) is 6.31. The second-order valence-electron chi connectivity index (χ2n) is 4.83. The molecule has 17 heavy (non-hydrogen) atoms. The third-order valence-corrected chi connectivity index (χ3v) is 3.36. The molecule has 1 heterocycles. The highest BCUT2D eigenvalue weighted by atomic mass is 16.5. The van der Waals surface area contributed by atoms with Crippen molar-refractivity contribution in [2.24, 2.45) is 5.73 Å². The standard InChI is InChI=1S/C15H21NO/c1-11-6-7-13(9-12(11)2)10-14(16)15-5-3-4-8-17-15/h5-7,9,14H,3-4,8,10,16H2,1-2H3. The van der Waals surface area contributed by atoms with E-state index in [1.165, 1.54) is 16.7 Å². The molecule has 2 heteroatoms. The zero-order valence-electron chi connectivity index (χ0n) is 10.7. The fourth-order valence-corrected chi connectivity index (χ4v) is 2.12. The summed E-state index contributed by atoms with van der Waals surface area (Å²) in [5, 5.41) is 0. The second-order valence-corrected chi connectivity index (χ2v) is 4.83. The molecule has 0 aliphatic carbocycles. The monoisotopic (exact) mass is 231 g/mol. The minimum absolute atomic E-state index is 0.00240. The molecule has 0 spiro atoms. The van der Waals surface area contributed by atoms with Crippen LogP contribution in [-0.2, 0) is 11.2 Å². The first-order chi connectivity index (χ1) is 8.16. The Balaban J connectivity index is 2.04. The van der Waals surface area contributed by atoms with Crippen molar-refractivity contribution < 1.29 is 4.74 Å². The summed E-state index contributed by atoms with van der Waals surface area (Å²) in [6.45, 7) is 5.08. The van der Waals surface area contributed by atoms with E-state index in [0.29, 0.717) is 0 Å². The van der Waals surface area contributed by atoms with Crippen LogP contribution in [0.25, 0.3) is 0 Å². The molecule has 1 aliphatic rings. The molecule has 1 unspecified atom stereocenters. The van der Waals surface area contributed by atoms with E-state index in [4.69, 9.17) is 10.5 Å². The van der Waals surface area contributed by atoms with E-state index in [1.807, 2.05) is 0 Å². The summed E-state index contributed by atoms with van der Waals surface area (Å²) in [5.74, 6) is 0.967. The van der Waals surface area contributed by atoms with Gasteiger partial charge in [-0.1, -0.05) is 18.2 Å². The maximum atomic E-state index is 6.18. The molecule has 0 saturated heterocycles. The van der Waals surface area contributed by atoms with Crippen LogP contribution in [0.2, 0.25) is 0 Å². The molecule has 0 radical (unpaired) electrons. The highest BCUT2D eigenvalue weighted by molar-refractivity contribution is 5.31. The third-order valence-electron chi connectivity index (χ3n) is 3.36. The smallest absolute Gasteiger partial charge is 0.109 e. The first kappa shape index (κ1) is 12.2. The van der Waals surface area contributed by atoms with E-state index in [-0.39, 0.29) is 6.04 Å². The van der Waals surface area contributed by atoms with Gasteiger partial charge in [-0.05, 0) is 55.9 Å². The average molecular weight is 231 g/mol. The van der Waals surface area contributed by atoms with Crippen LogP contribution in [0.1, 0.15) is 29.5 Å². The Hall–Kier alpha value is -1.28.